The minimum atomic E-state index is -0.373. The number of aryl methyl sites for hydroxylation is 1. The van der Waals surface area contributed by atoms with Gasteiger partial charge < -0.3 is 23.9 Å². The average Bonchev–Trinajstić information content (AvgIpc) is 3.14. The predicted octanol–water partition coefficient (Wildman–Crippen LogP) is 2.11. The zero-order valence-corrected chi connectivity index (χ0v) is 12.7. The number of hydrogen-bond donors (Lipinski definition) is 1. The normalized spacial score (nSPS) is 26.2. The Hall–Kier alpha value is -0.880. The van der Waals surface area contributed by atoms with Crippen LogP contribution in [0.4, 0.5) is 0 Å². The van der Waals surface area contributed by atoms with E-state index >= 15 is 0 Å². The van der Waals surface area contributed by atoms with Crippen LogP contribution in [0.1, 0.15) is 31.9 Å². The molecule has 1 N–H and O–H groups in total. The molecule has 2 saturated heterocycles. The first-order valence-corrected chi connectivity index (χ1v) is 7.91. The predicted molar refractivity (Wildman–Crippen MR) is 78.1 cm³/mol. The van der Waals surface area contributed by atoms with Gasteiger partial charge in [-0.1, -0.05) is 0 Å². The van der Waals surface area contributed by atoms with Crippen molar-refractivity contribution in [3.8, 4) is 0 Å². The van der Waals surface area contributed by atoms with Gasteiger partial charge in [-0.05, 0) is 25.5 Å². The molecule has 1 aromatic heterocycles. The number of ether oxygens (including phenoxy) is 3. The molecule has 1 spiro atoms. The molecular weight excluding hydrogens is 270 g/mol. The van der Waals surface area contributed by atoms with Crippen LogP contribution in [-0.2, 0) is 20.6 Å². The van der Waals surface area contributed by atoms with Gasteiger partial charge in [0.2, 0.25) is 0 Å². The molecule has 0 aliphatic carbocycles. The molecule has 0 aromatic carbocycles. The molecule has 5 heteroatoms. The highest BCUT2D eigenvalue weighted by molar-refractivity contribution is 4.98. The van der Waals surface area contributed by atoms with Crippen LogP contribution in [0.2, 0.25) is 0 Å². The van der Waals surface area contributed by atoms with Crippen molar-refractivity contribution in [2.45, 2.75) is 50.5 Å². The summed E-state index contributed by atoms with van der Waals surface area (Å²) in [4.78, 5) is 0. The van der Waals surface area contributed by atoms with E-state index in [1.54, 1.807) is 6.26 Å². The highest BCUT2D eigenvalue weighted by Gasteiger charge is 2.42. The quantitative estimate of drug-likeness (QED) is 0.871. The molecule has 5 nitrogen and oxygen atoms in total. The van der Waals surface area contributed by atoms with Gasteiger partial charge in [0.15, 0.2) is 5.79 Å². The van der Waals surface area contributed by atoms with E-state index in [0.717, 1.165) is 51.2 Å². The highest BCUT2D eigenvalue weighted by Crippen LogP contribution is 2.32. The van der Waals surface area contributed by atoms with Gasteiger partial charge in [-0.15, -0.1) is 0 Å². The van der Waals surface area contributed by atoms with E-state index < -0.39 is 0 Å². The average molecular weight is 295 g/mol. The first kappa shape index (κ1) is 15.0. The number of furan rings is 1. The van der Waals surface area contributed by atoms with E-state index in [1.807, 2.05) is 12.1 Å². The Kier molecular flexibility index (Phi) is 4.95. The second-order valence-electron chi connectivity index (χ2n) is 6.00. The zero-order chi connectivity index (χ0) is 14.5. The fourth-order valence-corrected chi connectivity index (χ4v) is 2.91. The van der Waals surface area contributed by atoms with Crippen molar-refractivity contribution in [1.82, 2.24) is 5.32 Å². The lowest BCUT2D eigenvalue weighted by Crippen LogP contribution is -2.40. The lowest BCUT2D eigenvalue weighted by Gasteiger charge is -2.31. The molecule has 21 heavy (non-hydrogen) atoms. The van der Waals surface area contributed by atoms with Crippen molar-refractivity contribution in [2.75, 3.05) is 26.4 Å². The summed E-state index contributed by atoms with van der Waals surface area (Å²) in [5.41, 5.74) is 0. The van der Waals surface area contributed by atoms with Gasteiger partial charge >= 0.3 is 0 Å². The largest absolute Gasteiger partial charge is 0.469 e. The molecule has 3 rings (SSSR count). The van der Waals surface area contributed by atoms with Crippen molar-refractivity contribution >= 4 is 0 Å². The van der Waals surface area contributed by atoms with Gasteiger partial charge in [0, 0.05) is 31.8 Å². The molecule has 2 fully saturated rings. The van der Waals surface area contributed by atoms with Crippen LogP contribution in [0.15, 0.2) is 22.8 Å². The first-order valence-electron chi connectivity index (χ1n) is 7.91. The molecule has 0 saturated carbocycles. The Morgan fingerprint density at radius 1 is 1.38 bits per heavy atom. The van der Waals surface area contributed by atoms with E-state index in [9.17, 15) is 0 Å². The summed E-state index contributed by atoms with van der Waals surface area (Å²) in [6, 6.07) is 4.39. The van der Waals surface area contributed by atoms with Gasteiger partial charge in [-0.2, -0.15) is 0 Å². The maximum Gasteiger partial charge on any atom is 0.173 e. The Morgan fingerprint density at radius 3 is 3.00 bits per heavy atom. The third-order valence-electron chi connectivity index (χ3n) is 4.27. The van der Waals surface area contributed by atoms with Crippen LogP contribution in [0.3, 0.4) is 0 Å². The molecule has 3 heterocycles. The van der Waals surface area contributed by atoms with Gasteiger partial charge in [-0.3, -0.25) is 0 Å². The summed E-state index contributed by atoms with van der Waals surface area (Å²) >= 11 is 0. The van der Waals surface area contributed by atoms with Crippen LogP contribution in [-0.4, -0.2) is 44.3 Å². The standard InChI is InChI=1S/C16H25NO4/c1-13(4-5-14-3-2-8-19-14)17-11-15-12-20-16(21-15)6-9-18-10-7-16/h2-3,8,13,15,17H,4-7,9-12H2,1H3/t13-,15+/m0/s1. The second kappa shape index (κ2) is 6.92. The van der Waals surface area contributed by atoms with Crippen LogP contribution < -0.4 is 5.32 Å². The molecular formula is C16H25NO4. The smallest absolute Gasteiger partial charge is 0.173 e. The van der Waals surface area contributed by atoms with E-state index in [4.69, 9.17) is 18.6 Å². The summed E-state index contributed by atoms with van der Waals surface area (Å²) in [6.07, 6.45) is 5.58. The Balaban J connectivity index is 1.35. The van der Waals surface area contributed by atoms with Crippen LogP contribution in [0.5, 0.6) is 0 Å². The van der Waals surface area contributed by atoms with Gasteiger partial charge in [0.05, 0.1) is 32.2 Å². The Morgan fingerprint density at radius 2 is 2.24 bits per heavy atom. The molecule has 0 bridgehead atoms. The minimum Gasteiger partial charge on any atom is -0.469 e. The Labute approximate surface area is 125 Å². The van der Waals surface area contributed by atoms with Gasteiger partial charge in [0.25, 0.3) is 0 Å². The zero-order valence-electron chi connectivity index (χ0n) is 12.7. The summed E-state index contributed by atoms with van der Waals surface area (Å²) < 4.78 is 22.7. The van der Waals surface area contributed by atoms with E-state index in [1.165, 1.54) is 0 Å². The third-order valence-corrected chi connectivity index (χ3v) is 4.27. The SMILES string of the molecule is C[C@@H](CCc1ccco1)NC[C@@H]1COC2(CCOCC2)O1. The second-order valence-corrected chi connectivity index (χ2v) is 6.00. The molecule has 2 atom stereocenters. The fourth-order valence-electron chi connectivity index (χ4n) is 2.91. The minimum absolute atomic E-state index is 0.147. The summed E-state index contributed by atoms with van der Waals surface area (Å²) in [7, 11) is 0. The van der Waals surface area contributed by atoms with Crippen molar-refractivity contribution in [1.29, 1.82) is 0 Å². The van der Waals surface area contributed by atoms with Crippen molar-refractivity contribution in [3.05, 3.63) is 24.2 Å². The van der Waals surface area contributed by atoms with Gasteiger partial charge in [0.1, 0.15) is 5.76 Å². The Bertz CT molecular complexity index is 414. The molecule has 0 unspecified atom stereocenters. The number of rotatable bonds is 6. The van der Waals surface area contributed by atoms with E-state index in [-0.39, 0.29) is 11.9 Å². The number of hydrogen-bond acceptors (Lipinski definition) is 5. The van der Waals surface area contributed by atoms with Crippen LogP contribution >= 0.6 is 0 Å². The molecule has 1 aromatic rings. The topological polar surface area (TPSA) is 52.9 Å². The summed E-state index contributed by atoms with van der Waals surface area (Å²) in [5, 5.41) is 3.53. The fraction of sp³-hybridized carbons (Fsp3) is 0.750. The van der Waals surface area contributed by atoms with Crippen LogP contribution in [0, 0.1) is 0 Å². The van der Waals surface area contributed by atoms with E-state index in [2.05, 4.69) is 12.2 Å². The highest BCUT2D eigenvalue weighted by atomic mass is 16.7. The van der Waals surface area contributed by atoms with Crippen molar-refractivity contribution in [2.24, 2.45) is 0 Å². The third kappa shape index (κ3) is 4.07. The molecule has 0 amide bonds. The summed E-state index contributed by atoms with van der Waals surface area (Å²) in [6.45, 7) is 5.18. The molecule has 118 valence electrons. The van der Waals surface area contributed by atoms with E-state index in [0.29, 0.717) is 12.6 Å². The lowest BCUT2D eigenvalue weighted by atomic mass is 10.1. The molecule has 2 aliphatic heterocycles. The van der Waals surface area contributed by atoms with Crippen molar-refractivity contribution in [3.63, 3.8) is 0 Å². The maximum atomic E-state index is 6.11. The lowest BCUT2D eigenvalue weighted by molar-refractivity contribution is -0.210. The molecule has 0 radical (unpaired) electrons. The van der Waals surface area contributed by atoms with Crippen LogP contribution in [0.25, 0.3) is 0 Å². The van der Waals surface area contributed by atoms with Crippen molar-refractivity contribution < 1.29 is 18.6 Å². The van der Waals surface area contributed by atoms with Gasteiger partial charge in [-0.25, -0.2) is 0 Å². The molecule has 2 aliphatic rings. The monoisotopic (exact) mass is 295 g/mol. The number of nitrogens with one attached hydrogen (secondary N) is 1. The summed E-state index contributed by atoms with van der Waals surface area (Å²) in [5.74, 6) is 0.674. The maximum absolute atomic E-state index is 6.11. The first-order chi connectivity index (χ1) is 10.3.